The molecule has 184 valence electrons. The summed E-state index contributed by atoms with van der Waals surface area (Å²) in [4.78, 5) is 27.6. The SMILES string of the molecule is Cc1ccc(S(=O)(=O)N[C@@H](C)C(=O)OC(C)C(=O)N(Cc2ccccc2)Cc2ccccc2)cc1. The zero-order valence-electron chi connectivity index (χ0n) is 20.0. The monoisotopic (exact) mass is 494 g/mol. The van der Waals surface area contributed by atoms with Crippen LogP contribution in [0.4, 0.5) is 0 Å². The standard InChI is InChI=1S/C27H30N2O5S/c1-20-14-16-25(17-15-20)35(32,33)28-21(2)27(31)34-22(3)26(30)29(18-23-10-6-4-7-11-23)19-24-12-8-5-9-13-24/h4-17,21-22,28H,18-19H2,1-3H3/t21-,22?/m0/s1. The number of rotatable bonds is 10. The third kappa shape index (κ3) is 7.50. The number of carbonyl (C=O) groups excluding carboxylic acids is 2. The van der Waals surface area contributed by atoms with Gasteiger partial charge >= 0.3 is 5.97 Å². The van der Waals surface area contributed by atoms with Crippen LogP contribution in [0.15, 0.2) is 89.8 Å². The molecule has 0 bridgehead atoms. The van der Waals surface area contributed by atoms with Crippen molar-refractivity contribution >= 4 is 21.9 Å². The molecule has 2 atom stereocenters. The Morgan fingerprint density at radius 3 is 1.80 bits per heavy atom. The smallest absolute Gasteiger partial charge is 0.324 e. The highest BCUT2D eigenvalue weighted by Gasteiger charge is 2.28. The number of nitrogens with zero attached hydrogens (tertiary/aromatic N) is 1. The highest BCUT2D eigenvalue weighted by molar-refractivity contribution is 7.89. The third-order valence-electron chi connectivity index (χ3n) is 5.40. The van der Waals surface area contributed by atoms with Crippen molar-refractivity contribution in [2.75, 3.05) is 0 Å². The van der Waals surface area contributed by atoms with Crippen molar-refractivity contribution in [2.24, 2.45) is 0 Å². The van der Waals surface area contributed by atoms with Crippen LogP contribution in [0.5, 0.6) is 0 Å². The highest BCUT2D eigenvalue weighted by Crippen LogP contribution is 2.14. The van der Waals surface area contributed by atoms with E-state index in [0.717, 1.165) is 16.7 Å². The van der Waals surface area contributed by atoms with Crippen LogP contribution in [0.2, 0.25) is 0 Å². The van der Waals surface area contributed by atoms with Crippen LogP contribution in [-0.2, 0) is 37.4 Å². The molecule has 0 fully saturated rings. The number of nitrogens with one attached hydrogen (secondary N) is 1. The Bertz CT molecular complexity index is 1190. The lowest BCUT2D eigenvalue weighted by Crippen LogP contribution is -2.44. The lowest BCUT2D eigenvalue weighted by Gasteiger charge is -2.26. The summed E-state index contributed by atoms with van der Waals surface area (Å²) in [5, 5.41) is 0. The van der Waals surface area contributed by atoms with Gasteiger partial charge in [-0.1, -0.05) is 78.4 Å². The van der Waals surface area contributed by atoms with Crippen molar-refractivity contribution < 1.29 is 22.7 Å². The van der Waals surface area contributed by atoms with E-state index in [2.05, 4.69) is 4.72 Å². The molecule has 0 radical (unpaired) electrons. The zero-order valence-corrected chi connectivity index (χ0v) is 20.9. The zero-order chi connectivity index (χ0) is 25.4. The molecule has 0 saturated heterocycles. The Morgan fingerprint density at radius 2 is 1.31 bits per heavy atom. The maximum absolute atomic E-state index is 13.3. The number of amides is 1. The first-order valence-corrected chi connectivity index (χ1v) is 12.8. The summed E-state index contributed by atoms with van der Waals surface area (Å²) in [6.45, 7) is 5.40. The van der Waals surface area contributed by atoms with Crippen LogP contribution in [0, 0.1) is 6.92 Å². The number of esters is 1. The minimum absolute atomic E-state index is 0.0452. The molecule has 3 aromatic rings. The average molecular weight is 495 g/mol. The lowest BCUT2D eigenvalue weighted by molar-refractivity contribution is -0.160. The number of sulfonamides is 1. The molecule has 0 heterocycles. The van der Waals surface area contributed by atoms with Crippen molar-refractivity contribution in [2.45, 2.75) is 50.9 Å². The largest absolute Gasteiger partial charge is 0.451 e. The molecule has 0 aromatic heterocycles. The molecule has 0 aliphatic rings. The second-order valence-electron chi connectivity index (χ2n) is 8.40. The predicted octanol–water partition coefficient (Wildman–Crippen LogP) is 3.82. The summed E-state index contributed by atoms with van der Waals surface area (Å²) >= 11 is 0. The fourth-order valence-corrected chi connectivity index (χ4v) is 4.66. The van der Waals surface area contributed by atoms with Gasteiger partial charge in [0, 0.05) is 13.1 Å². The molecule has 1 N–H and O–H groups in total. The van der Waals surface area contributed by atoms with E-state index in [1.165, 1.54) is 26.0 Å². The van der Waals surface area contributed by atoms with E-state index in [9.17, 15) is 18.0 Å². The number of hydrogen-bond donors (Lipinski definition) is 1. The maximum atomic E-state index is 13.3. The average Bonchev–Trinajstić information content (AvgIpc) is 2.84. The van der Waals surface area contributed by atoms with Gasteiger partial charge < -0.3 is 9.64 Å². The van der Waals surface area contributed by atoms with E-state index in [-0.39, 0.29) is 10.8 Å². The number of hydrogen-bond acceptors (Lipinski definition) is 5. The molecule has 0 saturated carbocycles. The Morgan fingerprint density at radius 1 is 0.829 bits per heavy atom. The van der Waals surface area contributed by atoms with Gasteiger partial charge in [0.25, 0.3) is 5.91 Å². The van der Waals surface area contributed by atoms with Crippen molar-refractivity contribution in [3.63, 3.8) is 0 Å². The molecule has 1 amide bonds. The number of ether oxygens (including phenoxy) is 1. The number of benzene rings is 3. The topological polar surface area (TPSA) is 92.8 Å². The van der Waals surface area contributed by atoms with Crippen LogP contribution in [-0.4, -0.2) is 37.3 Å². The lowest BCUT2D eigenvalue weighted by atomic mass is 10.1. The van der Waals surface area contributed by atoms with Gasteiger partial charge in [-0.2, -0.15) is 4.72 Å². The Hall–Kier alpha value is -3.49. The van der Waals surface area contributed by atoms with Crippen molar-refractivity contribution in [1.82, 2.24) is 9.62 Å². The molecule has 0 spiro atoms. The normalized spacial score (nSPS) is 13.0. The minimum Gasteiger partial charge on any atom is -0.451 e. The van der Waals surface area contributed by atoms with E-state index in [1.54, 1.807) is 17.0 Å². The first-order valence-electron chi connectivity index (χ1n) is 11.3. The molecule has 0 aliphatic heterocycles. The summed E-state index contributed by atoms with van der Waals surface area (Å²) in [7, 11) is -3.92. The highest BCUT2D eigenvalue weighted by atomic mass is 32.2. The summed E-state index contributed by atoms with van der Waals surface area (Å²) in [6.07, 6.45) is -1.10. The van der Waals surface area contributed by atoms with Crippen molar-refractivity contribution in [3.8, 4) is 0 Å². The summed E-state index contributed by atoms with van der Waals surface area (Å²) in [5.74, 6) is -1.21. The first kappa shape index (κ1) is 26.1. The third-order valence-corrected chi connectivity index (χ3v) is 6.96. The Labute approximate surface area is 206 Å². The summed E-state index contributed by atoms with van der Waals surface area (Å²) < 4.78 is 32.9. The Balaban J connectivity index is 1.67. The predicted molar refractivity (Wildman–Crippen MR) is 134 cm³/mol. The fourth-order valence-electron chi connectivity index (χ4n) is 3.47. The van der Waals surface area contributed by atoms with E-state index in [1.807, 2.05) is 67.6 Å². The van der Waals surface area contributed by atoms with E-state index in [4.69, 9.17) is 4.74 Å². The van der Waals surface area contributed by atoms with Crippen LogP contribution in [0.1, 0.15) is 30.5 Å². The molecular weight excluding hydrogens is 464 g/mol. The van der Waals surface area contributed by atoms with Gasteiger partial charge in [-0.15, -0.1) is 0 Å². The van der Waals surface area contributed by atoms with Gasteiger partial charge in [0.05, 0.1) is 4.90 Å². The number of aryl methyl sites for hydroxylation is 1. The first-order chi connectivity index (χ1) is 16.7. The number of carbonyl (C=O) groups is 2. The van der Waals surface area contributed by atoms with E-state index >= 15 is 0 Å². The van der Waals surface area contributed by atoms with Gasteiger partial charge in [0.15, 0.2) is 6.10 Å². The van der Waals surface area contributed by atoms with Crippen molar-refractivity contribution in [3.05, 3.63) is 102 Å². The maximum Gasteiger partial charge on any atom is 0.324 e. The van der Waals surface area contributed by atoms with Gasteiger partial charge in [0.1, 0.15) is 6.04 Å². The van der Waals surface area contributed by atoms with E-state index < -0.39 is 28.1 Å². The molecule has 7 nitrogen and oxygen atoms in total. The van der Waals surface area contributed by atoms with Crippen LogP contribution in [0.3, 0.4) is 0 Å². The van der Waals surface area contributed by atoms with E-state index in [0.29, 0.717) is 13.1 Å². The quantitative estimate of drug-likeness (QED) is 0.433. The second kappa shape index (κ2) is 11.8. The summed E-state index contributed by atoms with van der Waals surface area (Å²) in [5.41, 5.74) is 2.79. The van der Waals surface area contributed by atoms with Crippen molar-refractivity contribution in [1.29, 1.82) is 0 Å². The molecule has 3 rings (SSSR count). The van der Waals surface area contributed by atoms with Gasteiger partial charge in [-0.25, -0.2) is 8.42 Å². The molecule has 3 aromatic carbocycles. The molecule has 35 heavy (non-hydrogen) atoms. The van der Waals surface area contributed by atoms with Crippen LogP contribution in [0.25, 0.3) is 0 Å². The molecule has 1 unspecified atom stereocenters. The fraction of sp³-hybridized carbons (Fsp3) is 0.259. The Kier molecular flexibility index (Phi) is 8.78. The van der Waals surface area contributed by atoms with Crippen LogP contribution < -0.4 is 4.72 Å². The van der Waals surface area contributed by atoms with Gasteiger partial charge in [0.2, 0.25) is 10.0 Å². The molecule has 0 aliphatic carbocycles. The minimum atomic E-state index is -3.92. The molecular formula is C27H30N2O5S. The second-order valence-corrected chi connectivity index (χ2v) is 10.1. The van der Waals surface area contributed by atoms with Gasteiger partial charge in [-0.3, -0.25) is 9.59 Å². The van der Waals surface area contributed by atoms with Crippen LogP contribution >= 0.6 is 0 Å². The van der Waals surface area contributed by atoms with Gasteiger partial charge in [-0.05, 0) is 44.0 Å². The summed E-state index contributed by atoms with van der Waals surface area (Å²) in [6, 6.07) is 24.2. The molecule has 8 heteroatoms.